The van der Waals surface area contributed by atoms with Crippen LogP contribution in [-0.4, -0.2) is 19.1 Å². The SMILES string of the molecule is C/C(=N\NS(=O)(=O)c1ccccc1)c1ccc([N+](=O)[O-])cc1. The minimum absolute atomic E-state index is 0.0404. The van der Waals surface area contributed by atoms with E-state index in [0.717, 1.165) is 0 Å². The molecule has 2 aromatic carbocycles. The van der Waals surface area contributed by atoms with Crippen LogP contribution in [0, 0.1) is 10.1 Å². The predicted molar refractivity (Wildman–Crippen MR) is 82.1 cm³/mol. The van der Waals surface area contributed by atoms with E-state index < -0.39 is 14.9 Å². The normalized spacial score (nSPS) is 12.0. The number of non-ortho nitro benzene ring substituents is 1. The van der Waals surface area contributed by atoms with Gasteiger partial charge in [0, 0.05) is 12.1 Å². The van der Waals surface area contributed by atoms with Gasteiger partial charge in [0.1, 0.15) is 0 Å². The van der Waals surface area contributed by atoms with Crippen LogP contribution < -0.4 is 4.83 Å². The number of hydrogen-bond donors (Lipinski definition) is 1. The van der Waals surface area contributed by atoms with Crippen molar-refractivity contribution >= 4 is 21.4 Å². The first kappa shape index (κ1) is 15.6. The van der Waals surface area contributed by atoms with E-state index in [1.807, 2.05) is 0 Å². The van der Waals surface area contributed by atoms with Crippen LogP contribution >= 0.6 is 0 Å². The van der Waals surface area contributed by atoms with Crippen molar-refractivity contribution in [2.75, 3.05) is 0 Å². The Morgan fingerprint density at radius 3 is 2.23 bits per heavy atom. The molecule has 1 N–H and O–H groups in total. The van der Waals surface area contributed by atoms with Crippen molar-refractivity contribution in [1.82, 2.24) is 4.83 Å². The van der Waals surface area contributed by atoms with E-state index in [4.69, 9.17) is 0 Å². The zero-order chi connectivity index (χ0) is 16.2. The Hall–Kier alpha value is -2.74. The fraction of sp³-hybridized carbons (Fsp3) is 0.0714. The van der Waals surface area contributed by atoms with E-state index >= 15 is 0 Å². The summed E-state index contributed by atoms with van der Waals surface area (Å²) in [5.41, 5.74) is 0.942. The van der Waals surface area contributed by atoms with Gasteiger partial charge in [-0.15, -0.1) is 0 Å². The summed E-state index contributed by atoms with van der Waals surface area (Å²) < 4.78 is 24.0. The fourth-order valence-electron chi connectivity index (χ4n) is 1.67. The number of nitro benzene ring substituents is 1. The van der Waals surface area contributed by atoms with Gasteiger partial charge in [0.05, 0.1) is 15.5 Å². The molecule has 2 rings (SSSR count). The summed E-state index contributed by atoms with van der Waals surface area (Å²) in [4.78, 5) is 12.3. The fourth-order valence-corrected chi connectivity index (χ4v) is 2.55. The maximum absolute atomic E-state index is 12.0. The summed E-state index contributed by atoms with van der Waals surface area (Å²) in [5.74, 6) is 0. The van der Waals surface area contributed by atoms with Crippen molar-refractivity contribution in [3.8, 4) is 0 Å². The Kier molecular flexibility index (Phi) is 4.52. The third-order valence-electron chi connectivity index (χ3n) is 2.88. The number of sulfonamides is 1. The average Bonchev–Trinajstić information content (AvgIpc) is 2.53. The Morgan fingerprint density at radius 2 is 1.68 bits per heavy atom. The van der Waals surface area contributed by atoms with Crippen LogP contribution in [0.5, 0.6) is 0 Å². The number of nitrogens with zero attached hydrogens (tertiary/aromatic N) is 2. The van der Waals surface area contributed by atoms with Gasteiger partial charge in [-0.2, -0.15) is 18.4 Å². The second-order valence-electron chi connectivity index (χ2n) is 4.41. The van der Waals surface area contributed by atoms with Gasteiger partial charge in [-0.05, 0) is 36.8 Å². The molecule has 0 aliphatic rings. The number of hydrogen-bond acceptors (Lipinski definition) is 5. The standard InChI is InChI=1S/C14H13N3O4S/c1-11(12-7-9-13(10-8-12)17(18)19)15-16-22(20,21)14-5-3-2-4-6-14/h2-10,16H,1H3/b15-11+. The first-order valence-corrected chi connectivity index (χ1v) is 7.74. The van der Waals surface area contributed by atoms with Crippen molar-refractivity contribution in [3.63, 3.8) is 0 Å². The van der Waals surface area contributed by atoms with Crippen LogP contribution in [0.1, 0.15) is 12.5 Å². The van der Waals surface area contributed by atoms with Gasteiger partial charge in [0.2, 0.25) is 0 Å². The summed E-state index contributed by atoms with van der Waals surface area (Å²) in [6.45, 7) is 1.61. The van der Waals surface area contributed by atoms with Crippen molar-refractivity contribution in [2.45, 2.75) is 11.8 Å². The lowest BCUT2D eigenvalue weighted by molar-refractivity contribution is -0.384. The highest BCUT2D eigenvalue weighted by molar-refractivity contribution is 7.89. The zero-order valence-corrected chi connectivity index (χ0v) is 12.4. The summed E-state index contributed by atoms with van der Waals surface area (Å²) >= 11 is 0. The lowest BCUT2D eigenvalue weighted by atomic mass is 10.1. The van der Waals surface area contributed by atoms with E-state index in [-0.39, 0.29) is 10.6 Å². The third-order valence-corrected chi connectivity index (χ3v) is 4.11. The molecule has 0 radical (unpaired) electrons. The van der Waals surface area contributed by atoms with E-state index in [0.29, 0.717) is 11.3 Å². The molecule has 0 amide bonds. The number of nitro groups is 1. The highest BCUT2D eigenvalue weighted by Crippen LogP contribution is 2.13. The second kappa shape index (κ2) is 6.35. The summed E-state index contributed by atoms with van der Waals surface area (Å²) in [7, 11) is -3.73. The van der Waals surface area contributed by atoms with Crippen molar-refractivity contribution < 1.29 is 13.3 Å². The average molecular weight is 319 g/mol. The topological polar surface area (TPSA) is 102 Å². The summed E-state index contributed by atoms with van der Waals surface area (Å²) in [5, 5.41) is 14.4. The quantitative estimate of drug-likeness (QED) is 0.519. The smallest absolute Gasteiger partial charge is 0.258 e. The molecule has 0 atom stereocenters. The van der Waals surface area contributed by atoms with Gasteiger partial charge >= 0.3 is 0 Å². The number of nitrogens with one attached hydrogen (secondary N) is 1. The molecule has 0 unspecified atom stereocenters. The van der Waals surface area contributed by atoms with Gasteiger partial charge in [-0.25, -0.2) is 0 Å². The zero-order valence-electron chi connectivity index (χ0n) is 11.6. The van der Waals surface area contributed by atoms with Crippen molar-refractivity contribution in [3.05, 3.63) is 70.3 Å². The third kappa shape index (κ3) is 3.67. The summed E-state index contributed by atoms with van der Waals surface area (Å²) in [6, 6.07) is 13.5. The van der Waals surface area contributed by atoms with E-state index in [1.165, 1.54) is 36.4 Å². The molecule has 0 saturated carbocycles. The van der Waals surface area contributed by atoms with Crippen LogP contribution in [0.15, 0.2) is 64.6 Å². The molecule has 114 valence electrons. The first-order valence-electron chi connectivity index (χ1n) is 6.26. The van der Waals surface area contributed by atoms with Crippen LogP contribution in [0.3, 0.4) is 0 Å². The van der Waals surface area contributed by atoms with Crippen LogP contribution in [-0.2, 0) is 10.0 Å². The minimum Gasteiger partial charge on any atom is -0.258 e. The Morgan fingerprint density at radius 1 is 1.09 bits per heavy atom. The van der Waals surface area contributed by atoms with Crippen LogP contribution in [0.2, 0.25) is 0 Å². The molecule has 0 aliphatic carbocycles. The number of hydrazone groups is 1. The molecule has 0 fully saturated rings. The Balaban J connectivity index is 2.17. The maximum Gasteiger partial charge on any atom is 0.276 e. The molecular formula is C14H13N3O4S. The predicted octanol–water partition coefficient (Wildman–Crippen LogP) is 2.30. The highest BCUT2D eigenvalue weighted by atomic mass is 32.2. The van der Waals surface area contributed by atoms with Gasteiger partial charge in [-0.3, -0.25) is 10.1 Å². The molecule has 0 spiro atoms. The van der Waals surface area contributed by atoms with Crippen molar-refractivity contribution in [1.29, 1.82) is 0 Å². The van der Waals surface area contributed by atoms with E-state index in [9.17, 15) is 18.5 Å². The van der Waals surface area contributed by atoms with Gasteiger partial charge in [0.15, 0.2) is 0 Å². The Bertz CT molecular complexity index is 800. The molecule has 0 aliphatic heterocycles. The number of benzene rings is 2. The molecule has 0 saturated heterocycles. The minimum atomic E-state index is -3.73. The maximum atomic E-state index is 12.0. The first-order chi connectivity index (χ1) is 10.4. The second-order valence-corrected chi connectivity index (χ2v) is 6.07. The van der Waals surface area contributed by atoms with E-state index in [1.54, 1.807) is 25.1 Å². The molecule has 2 aromatic rings. The lowest BCUT2D eigenvalue weighted by Gasteiger charge is -2.05. The molecule has 22 heavy (non-hydrogen) atoms. The van der Waals surface area contributed by atoms with Gasteiger partial charge in [-0.1, -0.05) is 18.2 Å². The van der Waals surface area contributed by atoms with Gasteiger partial charge in [0.25, 0.3) is 15.7 Å². The van der Waals surface area contributed by atoms with Crippen LogP contribution in [0.4, 0.5) is 5.69 Å². The molecule has 0 aromatic heterocycles. The summed E-state index contributed by atoms with van der Waals surface area (Å²) in [6.07, 6.45) is 0. The van der Waals surface area contributed by atoms with E-state index in [2.05, 4.69) is 9.93 Å². The van der Waals surface area contributed by atoms with Crippen LogP contribution in [0.25, 0.3) is 0 Å². The highest BCUT2D eigenvalue weighted by Gasteiger charge is 2.12. The number of rotatable bonds is 5. The van der Waals surface area contributed by atoms with Gasteiger partial charge < -0.3 is 0 Å². The molecular weight excluding hydrogens is 306 g/mol. The molecule has 0 bridgehead atoms. The lowest BCUT2D eigenvalue weighted by Crippen LogP contribution is -2.19. The Labute approximate surface area is 127 Å². The van der Waals surface area contributed by atoms with Crippen molar-refractivity contribution in [2.24, 2.45) is 5.10 Å². The molecule has 0 heterocycles. The molecule has 7 nitrogen and oxygen atoms in total. The largest absolute Gasteiger partial charge is 0.276 e. The molecule has 8 heteroatoms. The monoisotopic (exact) mass is 319 g/mol.